The lowest BCUT2D eigenvalue weighted by atomic mass is 9.89. The van der Waals surface area contributed by atoms with E-state index in [1.807, 2.05) is 13.1 Å². The van der Waals surface area contributed by atoms with Gasteiger partial charge in [0.2, 0.25) is 0 Å². The summed E-state index contributed by atoms with van der Waals surface area (Å²) >= 11 is 0. The number of imidazole rings is 1. The monoisotopic (exact) mass is 365 g/mol. The Morgan fingerprint density at radius 3 is 2.88 bits per heavy atom. The summed E-state index contributed by atoms with van der Waals surface area (Å²) in [6.45, 7) is 4.93. The van der Waals surface area contributed by atoms with Gasteiger partial charge in [-0.15, -0.1) is 0 Å². The molecule has 3 rings (SSSR count). The number of Topliss-reactive ketones (excluding diaryl/α,β-unsaturated/α-hetero) is 1. The number of likely N-dealkylation sites (tertiary alicyclic amines) is 1. The van der Waals surface area contributed by atoms with E-state index >= 15 is 0 Å². The van der Waals surface area contributed by atoms with E-state index in [1.54, 1.807) is 6.20 Å². The minimum absolute atomic E-state index is 0.140. The molecule has 0 amide bonds. The maximum Gasteiger partial charge on any atom is 0.416 e. The van der Waals surface area contributed by atoms with Crippen LogP contribution in [0.15, 0.2) is 36.7 Å². The molecule has 0 spiro atoms. The second kappa shape index (κ2) is 7.61. The lowest BCUT2D eigenvalue weighted by Gasteiger charge is -2.31. The third-order valence-corrected chi connectivity index (χ3v) is 4.86. The Kier molecular flexibility index (Phi) is 5.46. The standard InChI is InChI=1S/C19H22F3N3O/c1-2-25-10-8-23-17(25)13-24-9-4-6-15(12-24)18(26)14-5-3-7-16(11-14)19(20,21)22/h3,5,7-8,10-11,15H,2,4,6,9,12-13H2,1H3/t15-/m0/s1. The Balaban J connectivity index is 1.70. The summed E-state index contributed by atoms with van der Waals surface area (Å²) in [6, 6.07) is 4.73. The van der Waals surface area contributed by atoms with Crippen LogP contribution in [-0.2, 0) is 19.3 Å². The van der Waals surface area contributed by atoms with Gasteiger partial charge < -0.3 is 4.57 Å². The van der Waals surface area contributed by atoms with E-state index in [1.165, 1.54) is 12.1 Å². The minimum Gasteiger partial charge on any atom is -0.334 e. The second-order valence-corrected chi connectivity index (χ2v) is 6.65. The Labute approximate surface area is 150 Å². The zero-order valence-corrected chi connectivity index (χ0v) is 14.7. The van der Waals surface area contributed by atoms with Crippen molar-refractivity contribution in [2.75, 3.05) is 13.1 Å². The first-order valence-electron chi connectivity index (χ1n) is 8.82. The number of piperidine rings is 1. The van der Waals surface area contributed by atoms with Gasteiger partial charge in [-0.25, -0.2) is 4.98 Å². The smallest absolute Gasteiger partial charge is 0.334 e. The van der Waals surface area contributed by atoms with Gasteiger partial charge in [-0.1, -0.05) is 12.1 Å². The predicted molar refractivity (Wildman–Crippen MR) is 91.7 cm³/mol. The normalized spacial score (nSPS) is 18.8. The van der Waals surface area contributed by atoms with Crippen molar-refractivity contribution in [1.82, 2.24) is 14.5 Å². The fourth-order valence-electron chi connectivity index (χ4n) is 3.48. The molecule has 0 saturated carbocycles. The number of benzene rings is 1. The van der Waals surface area contributed by atoms with Crippen LogP contribution < -0.4 is 0 Å². The largest absolute Gasteiger partial charge is 0.416 e. The molecule has 0 radical (unpaired) electrons. The molecule has 1 fully saturated rings. The van der Waals surface area contributed by atoms with Crippen molar-refractivity contribution >= 4 is 5.78 Å². The number of carbonyl (C=O) groups excluding carboxylic acids is 1. The van der Waals surface area contributed by atoms with E-state index < -0.39 is 11.7 Å². The average Bonchev–Trinajstić information content (AvgIpc) is 3.08. The summed E-state index contributed by atoms with van der Waals surface area (Å²) in [5.41, 5.74) is -0.636. The number of nitrogens with zero attached hydrogens (tertiary/aromatic N) is 3. The molecule has 4 nitrogen and oxygen atoms in total. The van der Waals surface area contributed by atoms with Gasteiger partial charge in [-0.2, -0.15) is 13.2 Å². The number of aryl methyl sites for hydroxylation is 1. The van der Waals surface area contributed by atoms with Crippen molar-refractivity contribution in [2.45, 2.75) is 39.0 Å². The number of alkyl halides is 3. The van der Waals surface area contributed by atoms with Crippen molar-refractivity contribution in [2.24, 2.45) is 5.92 Å². The number of aromatic nitrogens is 2. The summed E-state index contributed by atoms with van der Waals surface area (Å²) < 4.78 is 40.7. The van der Waals surface area contributed by atoms with Crippen molar-refractivity contribution in [3.63, 3.8) is 0 Å². The molecule has 2 heterocycles. The summed E-state index contributed by atoms with van der Waals surface area (Å²) in [4.78, 5) is 19.3. The molecule has 1 atom stereocenters. The number of hydrogen-bond donors (Lipinski definition) is 0. The lowest BCUT2D eigenvalue weighted by molar-refractivity contribution is -0.137. The molecule has 1 aliphatic rings. The third-order valence-electron chi connectivity index (χ3n) is 4.86. The Bertz CT molecular complexity index is 769. The molecular weight excluding hydrogens is 343 g/mol. The molecule has 140 valence electrons. The zero-order valence-electron chi connectivity index (χ0n) is 14.7. The van der Waals surface area contributed by atoms with Gasteiger partial charge >= 0.3 is 6.18 Å². The van der Waals surface area contributed by atoms with Crippen LogP contribution in [0, 0.1) is 5.92 Å². The molecule has 26 heavy (non-hydrogen) atoms. The van der Waals surface area contributed by atoms with Crippen LogP contribution in [0.4, 0.5) is 13.2 Å². The quantitative estimate of drug-likeness (QED) is 0.752. The highest BCUT2D eigenvalue weighted by Gasteiger charge is 2.32. The number of rotatable bonds is 5. The van der Waals surface area contributed by atoms with Gasteiger partial charge in [-0.05, 0) is 38.4 Å². The van der Waals surface area contributed by atoms with E-state index in [9.17, 15) is 18.0 Å². The van der Waals surface area contributed by atoms with Crippen LogP contribution in [-0.4, -0.2) is 33.3 Å². The predicted octanol–water partition coefficient (Wildman–Crippen LogP) is 4.02. The van der Waals surface area contributed by atoms with E-state index in [0.29, 0.717) is 19.5 Å². The van der Waals surface area contributed by atoms with Crippen molar-refractivity contribution in [3.8, 4) is 0 Å². The number of carbonyl (C=O) groups is 1. The summed E-state index contributed by atoms with van der Waals surface area (Å²) in [5, 5.41) is 0. The van der Waals surface area contributed by atoms with Gasteiger partial charge in [0.05, 0.1) is 12.1 Å². The fraction of sp³-hybridized carbons (Fsp3) is 0.474. The van der Waals surface area contributed by atoms with Gasteiger partial charge in [0.1, 0.15) is 5.82 Å². The first kappa shape index (κ1) is 18.6. The van der Waals surface area contributed by atoms with E-state index in [0.717, 1.165) is 37.5 Å². The Hall–Kier alpha value is -2.15. The summed E-state index contributed by atoms with van der Waals surface area (Å²) in [5.74, 6) is 0.455. The molecule has 7 heteroatoms. The topological polar surface area (TPSA) is 38.1 Å². The molecular formula is C19H22F3N3O. The van der Waals surface area contributed by atoms with E-state index in [2.05, 4.69) is 14.5 Å². The minimum atomic E-state index is -4.44. The lowest BCUT2D eigenvalue weighted by Crippen LogP contribution is -2.38. The van der Waals surface area contributed by atoms with E-state index in [-0.39, 0.29) is 17.3 Å². The maximum absolute atomic E-state index is 12.9. The zero-order chi connectivity index (χ0) is 18.7. The van der Waals surface area contributed by atoms with Crippen LogP contribution >= 0.6 is 0 Å². The SMILES string of the molecule is CCn1ccnc1CN1CCC[C@H](C(=O)c2cccc(C(F)(F)F)c2)C1. The van der Waals surface area contributed by atoms with Crippen LogP contribution in [0.3, 0.4) is 0 Å². The Morgan fingerprint density at radius 1 is 1.35 bits per heavy atom. The van der Waals surface area contributed by atoms with Crippen molar-refractivity contribution in [1.29, 1.82) is 0 Å². The van der Waals surface area contributed by atoms with Crippen molar-refractivity contribution in [3.05, 3.63) is 53.6 Å². The molecule has 0 unspecified atom stereocenters. The molecule has 0 aliphatic carbocycles. The second-order valence-electron chi connectivity index (χ2n) is 6.65. The highest BCUT2D eigenvalue weighted by Crippen LogP contribution is 2.30. The molecule has 1 aromatic heterocycles. The number of halogens is 3. The molecule has 2 aromatic rings. The first-order chi connectivity index (χ1) is 12.4. The number of ketones is 1. The first-order valence-corrected chi connectivity index (χ1v) is 8.82. The molecule has 0 N–H and O–H groups in total. The molecule has 1 saturated heterocycles. The van der Waals surface area contributed by atoms with Gasteiger partial charge in [0, 0.05) is 37.0 Å². The Morgan fingerprint density at radius 2 is 2.15 bits per heavy atom. The summed E-state index contributed by atoms with van der Waals surface area (Å²) in [6.07, 6.45) is 0.792. The van der Waals surface area contributed by atoms with Gasteiger partial charge in [0.25, 0.3) is 0 Å². The maximum atomic E-state index is 12.9. The number of hydrogen-bond acceptors (Lipinski definition) is 3. The van der Waals surface area contributed by atoms with Crippen LogP contribution in [0.25, 0.3) is 0 Å². The van der Waals surface area contributed by atoms with Crippen LogP contribution in [0.2, 0.25) is 0 Å². The average molecular weight is 365 g/mol. The fourth-order valence-corrected chi connectivity index (χ4v) is 3.48. The molecule has 1 aliphatic heterocycles. The third kappa shape index (κ3) is 4.15. The highest BCUT2D eigenvalue weighted by atomic mass is 19.4. The van der Waals surface area contributed by atoms with E-state index in [4.69, 9.17) is 0 Å². The van der Waals surface area contributed by atoms with Crippen molar-refractivity contribution < 1.29 is 18.0 Å². The van der Waals surface area contributed by atoms with Gasteiger partial charge in [0.15, 0.2) is 5.78 Å². The molecule has 1 aromatic carbocycles. The molecule has 0 bridgehead atoms. The van der Waals surface area contributed by atoms with Crippen LogP contribution in [0.5, 0.6) is 0 Å². The highest BCUT2D eigenvalue weighted by molar-refractivity contribution is 5.98. The summed E-state index contributed by atoms with van der Waals surface area (Å²) in [7, 11) is 0. The van der Waals surface area contributed by atoms with Gasteiger partial charge in [-0.3, -0.25) is 9.69 Å². The van der Waals surface area contributed by atoms with Crippen LogP contribution in [0.1, 0.15) is 41.5 Å².